The van der Waals surface area contributed by atoms with E-state index in [2.05, 4.69) is 18.3 Å². The summed E-state index contributed by atoms with van der Waals surface area (Å²) in [6, 6.07) is 5.79. The van der Waals surface area contributed by atoms with Gasteiger partial charge < -0.3 is 10.1 Å². The van der Waals surface area contributed by atoms with Gasteiger partial charge in [0, 0.05) is 12.7 Å². The molecule has 0 saturated carbocycles. The quantitative estimate of drug-likeness (QED) is 0.877. The zero-order valence-corrected chi connectivity index (χ0v) is 14.1. The van der Waals surface area contributed by atoms with E-state index in [1.54, 1.807) is 13.8 Å². The van der Waals surface area contributed by atoms with E-state index in [1.807, 2.05) is 12.1 Å². The lowest BCUT2D eigenvalue weighted by atomic mass is 9.93. The summed E-state index contributed by atoms with van der Waals surface area (Å²) in [5.41, 5.74) is 2.18. The Balaban J connectivity index is 2.41. The molecule has 1 N–H and O–H groups in total. The van der Waals surface area contributed by atoms with Gasteiger partial charge in [0.25, 0.3) is 0 Å². The summed E-state index contributed by atoms with van der Waals surface area (Å²) in [6.07, 6.45) is 3.16. The molecule has 1 aliphatic rings. The zero-order valence-electron chi connectivity index (χ0n) is 13.3. The summed E-state index contributed by atoms with van der Waals surface area (Å²) in [6.45, 7) is 7.16. The summed E-state index contributed by atoms with van der Waals surface area (Å²) in [4.78, 5) is 0. The lowest BCUT2D eigenvalue weighted by Gasteiger charge is -2.34. The average molecular weight is 311 g/mol. The van der Waals surface area contributed by atoms with Gasteiger partial charge in [0.15, 0.2) is 9.84 Å². The molecule has 0 fully saturated rings. The van der Waals surface area contributed by atoms with Crippen LogP contribution < -0.4 is 10.1 Å². The van der Waals surface area contributed by atoms with Gasteiger partial charge in [0.2, 0.25) is 0 Å². The van der Waals surface area contributed by atoms with Gasteiger partial charge in [0.1, 0.15) is 5.75 Å². The third-order valence-electron chi connectivity index (χ3n) is 4.30. The Labute approximate surface area is 127 Å². The molecule has 1 aromatic carbocycles. The summed E-state index contributed by atoms with van der Waals surface area (Å²) in [5, 5.41) is 3.40. The Bertz CT molecular complexity index is 608. The van der Waals surface area contributed by atoms with Gasteiger partial charge in [-0.2, -0.15) is 0 Å². The van der Waals surface area contributed by atoms with Crippen molar-refractivity contribution in [2.45, 2.75) is 44.4 Å². The number of rotatable bonds is 6. The van der Waals surface area contributed by atoms with Crippen molar-refractivity contribution >= 4 is 9.84 Å². The maximum absolute atomic E-state index is 12.2. The van der Waals surface area contributed by atoms with E-state index in [4.69, 9.17) is 4.74 Å². The topological polar surface area (TPSA) is 55.4 Å². The Morgan fingerprint density at radius 1 is 1.38 bits per heavy atom. The van der Waals surface area contributed by atoms with Crippen LogP contribution in [0.3, 0.4) is 0 Å². The smallest absolute Gasteiger partial charge is 0.154 e. The number of ether oxygens (including phenoxy) is 1. The number of hydrogen-bond donors (Lipinski definition) is 1. The van der Waals surface area contributed by atoms with Crippen LogP contribution in [-0.2, 0) is 16.3 Å². The Hall–Kier alpha value is -1.07. The fourth-order valence-electron chi connectivity index (χ4n) is 2.65. The SMILES string of the molecule is CCCNC(c1ccc2c(c1)CCO2)C(C)(C)S(C)(=O)=O. The average Bonchev–Trinajstić information content (AvgIpc) is 2.85. The highest BCUT2D eigenvalue weighted by Crippen LogP contribution is 2.35. The molecule has 0 saturated heterocycles. The molecule has 1 unspecified atom stereocenters. The molecule has 2 rings (SSSR count). The molecule has 0 radical (unpaired) electrons. The van der Waals surface area contributed by atoms with Crippen LogP contribution in [0, 0.1) is 0 Å². The number of hydrogen-bond acceptors (Lipinski definition) is 4. The van der Waals surface area contributed by atoms with Crippen molar-refractivity contribution in [1.82, 2.24) is 5.32 Å². The standard InChI is InChI=1S/C16H25NO3S/c1-5-9-17-15(16(2,3)21(4,18)19)13-6-7-14-12(11-13)8-10-20-14/h6-7,11,15,17H,5,8-10H2,1-4H3. The van der Waals surface area contributed by atoms with Gasteiger partial charge >= 0.3 is 0 Å². The molecule has 0 aromatic heterocycles. The van der Waals surface area contributed by atoms with Gasteiger partial charge in [-0.05, 0) is 44.0 Å². The van der Waals surface area contributed by atoms with Gasteiger partial charge in [-0.1, -0.05) is 19.1 Å². The second-order valence-corrected chi connectivity index (χ2v) is 8.82. The molecule has 0 spiro atoms. The molecule has 0 bridgehead atoms. The first-order valence-electron chi connectivity index (χ1n) is 7.46. The molecule has 1 aromatic rings. The van der Waals surface area contributed by atoms with Crippen LogP contribution >= 0.6 is 0 Å². The van der Waals surface area contributed by atoms with Gasteiger partial charge in [-0.25, -0.2) is 8.42 Å². The van der Waals surface area contributed by atoms with Crippen molar-refractivity contribution in [3.63, 3.8) is 0 Å². The van der Waals surface area contributed by atoms with E-state index >= 15 is 0 Å². The maximum atomic E-state index is 12.2. The highest BCUT2D eigenvalue weighted by Gasteiger charge is 2.39. The van der Waals surface area contributed by atoms with Crippen molar-refractivity contribution in [3.8, 4) is 5.75 Å². The second kappa shape index (κ2) is 5.97. The molecule has 1 aliphatic heterocycles. The molecule has 1 atom stereocenters. The summed E-state index contributed by atoms with van der Waals surface area (Å²) >= 11 is 0. The predicted octanol–water partition coefficient (Wildman–Crippen LogP) is 2.49. The molecule has 118 valence electrons. The number of benzene rings is 1. The minimum absolute atomic E-state index is 0.224. The first kappa shape index (κ1) is 16.3. The summed E-state index contributed by atoms with van der Waals surface area (Å²) in [5.74, 6) is 0.921. The van der Waals surface area contributed by atoms with Crippen molar-refractivity contribution in [3.05, 3.63) is 29.3 Å². The van der Waals surface area contributed by atoms with Crippen molar-refractivity contribution < 1.29 is 13.2 Å². The van der Waals surface area contributed by atoms with Crippen LogP contribution in [0.5, 0.6) is 5.75 Å². The van der Waals surface area contributed by atoms with E-state index in [9.17, 15) is 8.42 Å². The minimum Gasteiger partial charge on any atom is -0.493 e. The van der Waals surface area contributed by atoms with Crippen LogP contribution in [0.2, 0.25) is 0 Å². The third-order valence-corrected chi connectivity index (χ3v) is 6.44. The zero-order chi connectivity index (χ0) is 15.7. The Kier molecular flexibility index (Phi) is 4.63. The number of sulfone groups is 1. The van der Waals surface area contributed by atoms with Crippen LogP contribution in [0.4, 0.5) is 0 Å². The Morgan fingerprint density at radius 3 is 2.71 bits per heavy atom. The third kappa shape index (κ3) is 3.24. The Morgan fingerprint density at radius 2 is 2.10 bits per heavy atom. The highest BCUT2D eigenvalue weighted by atomic mass is 32.2. The van der Waals surface area contributed by atoms with Gasteiger partial charge in [0.05, 0.1) is 17.4 Å². The molecule has 4 nitrogen and oxygen atoms in total. The fourth-order valence-corrected chi connectivity index (χ4v) is 3.30. The molecular weight excluding hydrogens is 286 g/mol. The lowest BCUT2D eigenvalue weighted by molar-refractivity contribution is 0.356. The van der Waals surface area contributed by atoms with E-state index < -0.39 is 14.6 Å². The highest BCUT2D eigenvalue weighted by molar-refractivity contribution is 7.92. The van der Waals surface area contributed by atoms with E-state index in [-0.39, 0.29) is 6.04 Å². The lowest BCUT2D eigenvalue weighted by Crippen LogP contribution is -2.45. The second-order valence-electron chi connectivity index (χ2n) is 6.23. The van der Waals surface area contributed by atoms with E-state index in [0.29, 0.717) is 6.61 Å². The summed E-state index contributed by atoms with van der Waals surface area (Å²) in [7, 11) is -3.19. The van der Waals surface area contributed by atoms with E-state index in [1.165, 1.54) is 11.8 Å². The van der Waals surface area contributed by atoms with Crippen LogP contribution in [0.25, 0.3) is 0 Å². The van der Waals surface area contributed by atoms with Crippen LogP contribution in [0.1, 0.15) is 44.4 Å². The molecule has 21 heavy (non-hydrogen) atoms. The van der Waals surface area contributed by atoms with Crippen molar-refractivity contribution in [2.24, 2.45) is 0 Å². The molecule has 0 amide bonds. The van der Waals surface area contributed by atoms with Crippen LogP contribution in [0.15, 0.2) is 18.2 Å². The molecule has 0 aliphatic carbocycles. The van der Waals surface area contributed by atoms with Crippen molar-refractivity contribution in [2.75, 3.05) is 19.4 Å². The predicted molar refractivity (Wildman–Crippen MR) is 85.6 cm³/mol. The minimum atomic E-state index is -3.19. The number of fused-ring (bicyclic) bond motifs is 1. The van der Waals surface area contributed by atoms with Gasteiger partial charge in [-0.15, -0.1) is 0 Å². The van der Waals surface area contributed by atoms with Crippen molar-refractivity contribution in [1.29, 1.82) is 0 Å². The first-order chi connectivity index (χ1) is 9.77. The van der Waals surface area contributed by atoms with E-state index in [0.717, 1.165) is 30.7 Å². The maximum Gasteiger partial charge on any atom is 0.154 e. The van der Waals surface area contributed by atoms with Gasteiger partial charge in [-0.3, -0.25) is 0 Å². The molecule has 5 heteroatoms. The largest absolute Gasteiger partial charge is 0.493 e. The monoisotopic (exact) mass is 311 g/mol. The summed E-state index contributed by atoms with van der Waals surface area (Å²) < 4.78 is 29.1. The van der Waals surface area contributed by atoms with Crippen LogP contribution in [-0.4, -0.2) is 32.6 Å². The fraction of sp³-hybridized carbons (Fsp3) is 0.625. The number of nitrogens with one attached hydrogen (secondary N) is 1. The molecular formula is C16H25NO3S. The normalized spacial score (nSPS) is 16.4. The first-order valence-corrected chi connectivity index (χ1v) is 9.35. The molecule has 1 heterocycles.